The van der Waals surface area contributed by atoms with Crippen LogP contribution in [0.15, 0.2) is 41.8 Å². The van der Waals surface area contributed by atoms with Crippen molar-refractivity contribution in [3.05, 3.63) is 48.0 Å². The van der Waals surface area contributed by atoms with Gasteiger partial charge in [-0.15, -0.1) is 0 Å². The lowest BCUT2D eigenvalue weighted by Crippen LogP contribution is -2.03. The number of hydrogen-bond acceptors (Lipinski definition) is 6. The summed E-state index contributed by atoms with van der Waals surface area (Å²) < 4.78 is 0. The molecule has 0 atom stereocenters. The van der Waals surface area contributed by atoms with E-state index in [0.717, 1.165) is 43.4 Å². The number of anilines is 1. The Morgan fingerprint density at radius 1 is 1.14 bits per heavy atom. The lowest BCUT2D eigenvalue weighted by molar-refractivity contribution is 0.321. The Labute approximate surface area is 123 Å². The monoisotopic (exact) mass is 286 g/mol. The van der Waals surface area contributed by atoms with E-state index in [-0.39, 0.29) is 11.4 Å². The van der Waals surface area contributed by atoms with Crippen LogP contribution in [0.2, 0.25) is 0 Å². The van der Waals surface area contributed by atoms with Crippen molar-refractivity contribution in [2.75, 3.05) is 11.9 Å². The number of unbranched alkanes of at least 4 members (excludes halogenated alkanes) is 1. The molecule has 0 aliphatic heterocycles. The molecule has 3 N–H and O–H groups in total. The molecule has 0 fully saturated rings. The van der Waals surface area contributed by atoms with Crippen molar-refractivity contribution >= 4 is 11.9 Å². The number of aromatic hydroxyl groups is 1. The summed E-state index contributed by atoms with van der Waals surface area (Å²) in [5, 5.41) is 24.2. The molecule has 0 saturated heterocycles. The SMILES string of the molecule is ON=Cc1nc(CCCCNc2ccncc2)ccc1O. The van der Waals surface area contributed by atoms with Gasteiger partial charge in [-0.25, -0.2) is 4.98 Å². The van der Waals surface area contributed by atoms with Gasteiger partial charge in [-0.05, 0) is 43.5 Å². The Morgan fingerprint density at radius 2 is 1.95 bits per heavy atom. The number of rotatable bonds is 7. The van der Waals surface area contributed by atoms with Crippen LogP contribution >= 0.6 is 0 Å². The summed E-state index contributed by atoms with van der Waals surface area (Å²) in [6.45, 7) is 0.882. The summed E-state index contributed by atoms with van der Waals surface area (Å²) in [6, 6.07) is 7.21. The van der Waals surface area contributed by atoms with Crippen molar-refractivity contribution in [1.82, 2.24) is 9.97 Å². The molecule has 6 heteroatoms. The zero-order valence-corrected chi connectivity index (χ0v) is 11.6. The molecular weight excluding hydrogens is 268 g/mol. The number of nitrogens with zero attached hydrogens (tertiary/aromatic N) is 3. The van der Waals surface area contributed by atoms with Gasteiger partial charge in [0, 0.05) is 30.3 Å². The van der Waals surface area contributed by atoms with Gasteiger partial charge in [-0.2, -0.15) is 0 Å². The molecule has 0 unspecified atom stereocenters. The van der Waals surface area contributed by atoms with Crippen molar-refractivity contribution in [3.8, 4) is 5.75 Å². The van der Waals surface area contributed by atoms with Gasteiger partial charge in [0.25, 0.3) is 0 Å². The van der Waals surface area contributed by atoms with Crippen LogP contribution in [0, 0.1) is 0 Å². The molecule has 0 radical (unpaired) electrons. The zero-order chi connectivity index (χ0) is 14.9. The fourth-order valence-corrected chi connectivity index (χ4v) is 1.93. The summed E-state index contributed by atoms with van der Waals surface area (Å²) >= 11 is 0. The molecule has 2 aromatic rings. The molecule has 0 aromatic carbocycles. The minimum Gasteiger partial charge on any atom is -0.506 e. The molecule has 0 bridgehead atoms. The van der Waals surface area contributed by atoms with E-state index in [0.29, 0.717) is 0 Å². The van der Waals surface area contributed by atoms with Gasteiger partial charge in [0.2, 0.25) is 0 Å². The van der Waals surface area contributed by atoms with E-state index >= 15 is 0 Å². The maximum atomic E-state index is 9.52. The number of oxime groups is 1. The van der Waals surface area contributed by atoms with Crippen LogP contribution in [-0.2, 0) is 6.42 Å². The Hall–Kier alpha value is -2.63. The highest BCUT2D eigenvalue weighted by molar-refractivity contribution is 5.80. The molecule has 110 valence electrons. The molecule has 21 heavy (non-hydrogen) atoms. The largest absolute Gasteiger partial charge is 0.506 e. The molecular formula is C15H18N4O2. The minimum absolute atomic E-state index is 0.0101. The van der Waals surface area contributed by atoms with Crippen molar-refractivity contribution in [1.29, 1.82) is 0 Å². The third-order valence-electron chi connectivity index (χ3n) is 3.01. The molecule has 0 spiro atoms. The summed E-state index contributed by atoms with van der Waals surface area (Å²) in [7, 11) is 0. The standard InChI is InChI=1S/C15H18N4O2/c20-15-5-4-13(19-14(15)11-18-21)3-1-2-8-17-12-6-9-16-10-7-12/h4-7,9-11,20-21H,1-3,8H2,(H,16,17). The van der Waals surface area contributed by atoms with Crippen molar-refractivity contribution in [2.24, 2.45) is 5.16 Å². The predicted octanol–water partition coefficient (Wildman–Crippen LogP) is 2.43. The van der Waals surface area contributed by atoms with Gasteiger partial charge >= 0.3 is 0 Å². The van der Waals surface area contributed by atoms with E-state index < -0.39 is 0 Å². The van der Waals surface area contributed by atoms with Gasteiger partial charge in [0.15, 0.2) is 0 Å². The van der Waals surface area contributed by atoms with Crippen molar-refractivity contribution in [2.45, 2.75) is 19.3 Å². The van der Waals surface area contributed by atoms with Gasteiger partial charge in [0.1, 0.15) is 11.4 Å². The lowest BCUT2D eigenvalue weighted by atomic mass is 10.1. The number of aryl methyl sites for hydroxylation is 1. The predicted molar refractivity (Wildman–Crippen MR) is 80.9 cm³/mol. The molecule has 2 rings (SSSR count). The first-order valence-corrected chi connectivity index (χ1v) is 6.80. The number of hydrogen-bond donors (Lipinski definition) is 3. The highest BCUT2D eigenvalue weighted by atomic mass is 16.4. The summed E-state index contributed by atoms with van der Waals surface area (Å²) in [5.41, 5.74) is 2.21. The Morgan fingerprint density at radius 3 is 2.71 bits per heavy atom. The third kappa shape index (κ3) is 4.76. The van der Waals surface area contributed by atoms with Crippen molar-refractivity contribution in [3.63, 3.8) is 0 Å². The van der Waals surface area contributed by atoms with E-state index in [2.05, 4.69) is 20.4 Å². The van der Waals surface area contributed by atoms with E-state index in [1.54, 1.807) is 24.5 Å². The first-order valence-electron chi connectivity index (χ1n) is 6.80. The summed E-state index contributed by atoms with van der Waals surface area (Å²) in [5.74, 6) is 0.0101. The van der Waals surface area contributed by atoms with E-state index in [1.807, 2.05) is 12.1 Å². The average molecular weight is 286 g/mol. The molecule has 0 aliphatic rings. The first kappa shape index (κ1) is 14.8. The Bertz CT molecular complexity index is 587. The van der Waals surface area contributed by atoms with Gasteiger partial charge in [0.05, 0.1) is 6.21 Å². The number of pyridine rings is 2. The maximum absolute atomic E-state index is 9.52. The smallest absolute Gasteiger partial charge is 0.142 e. The molecule has 0 aliphatic carbocycles. The zero-order valence-electron chi connectivity index (χ0n) is 11.6. The molecule has 2 heterocycles. The number of aromatic nitrogens is 2. The normalized spacial score (nSPS) is 10.9. The highest BCUT2D eigenvalue weighted by Crippen LogP contribution is 2.14. The van der Waals surface area contributed by atoms with Crippen LogP contribution < -0.4 is 5.32 Å². The van der Waals surface area contributed by atoms with Crippen LogP contribution in [0.5, 0.6) is 5.75 Å². The summed E-state index contributed by atoms with van der Waals surface area (Å²) in [4.78, 5) is 8.19. The molecule has 2 aromatic heterocycles. The van der Waals surface area contributed by atoms with E-state index in [4.69, 9.17) is 5.21 Å². The second-order valence-corrected chi connectivity index (χ2v) is 4.57. The van der Waals surface area contributed by atoms with Crippen molar-refractivity contribution < 1.29 is 10.3 Å². The van der Waals surface area contributed by atoms with Gasteiger partial charge in [-0.3, -0.25) is 4.98 Å². The lowest BCUT2D eigenvalue weighted by Gasteiger charge is -2.06. The Balaban J connectivity index is 1.75. The second-order valence-electron chi connectivity index (χ2n) is 4.57. The highest BCUT2D eigenvalue weighted by Gasteiger charge is 2.03. The van der Waals surface area contributed by atoms with Crippen LogP contribution in [-0.4, -0.2) is 33.0 Å². The van der Waals surface area contributed by atoms with Gasteiger partial charge in [-0.1, -0.05) is 5.16 Å². The van der Waals surface area contributed by atoms with Crippen LogP contribution in [0.25, 0.3) is 0 Å². The Kier molecular flexibility index (Phi) is 5.51. The molecule has 0 amide bonds. The van der Waals surface area contributed by atoms with E-state index in [9.17, 15) is 5.11 Å². The first-order chi connectivity index (χ1) is 10.3. The average Bonchev–Trinajstić information content (AvgIpc) is 2.51. The maximum Gasteiger partial charge on any atom is 0.142 e. The van der Waals surface area contributed by atoms with Gasteiger partial charge < -0.3 is 15.6 Å². The summed E-state index contributed by atoms with van der Waals surface area (Å²) in [6.07, 6.45) is 7.44. The quantitative estimate of drug-likeness (QED) is 0.315. The fourth-order valence-electron chi connectivity index (χ4n) is 1.93. The third-order valence-corrected chi connectivity index (χ3v) is 3.01. The molecule has 0 saturated carbocycles. The van der Waals surface area contributed by atoms with Crippen LogP contribution in [0.4, 0.5) is 5.69 Å². The second kappa shape index (κ2) is 7.84. The molecule has 6 nitrogen and oxygen atoms in total. The van der Waals surface area contributed by atoms with Crippen LogP contribution in [0.3, 0.4) is 0 Å². The number of nitrogens with one attached hydrogen (secondary N) is 1. The van der Waals surface area contributed by atoms with Crippen LogP contribution in [0.1, 0.15) is 24.2 Å². The van der Waals surface area contributed by atoms with E-state index in [1.165, 1.54) is 0 Å². The topological polar surface area (TPSA) is 90.6 Å². The minimum atomic E-state index is 0.0101. The fraction of sp³-hybridized carbons (Fsp3) is 0.267.